The summed E-state index contributed by atoms with van der Waals surface area (Å²) in [6.07, 6.45) is 13.3. The Hall–Kier alpha value is 0.120. The molecule has 0 atom stereocenters. The molecule has 0 aromatic carbocycles. The van der Waals surface area contributed by atoms with Gasteiger partial charge in [0.2, 0.25) is 0 Å². The first kappa shape index (κ1) is 21.2. The molecule has 0 bridgehead atoms. The molecule has 0 aromatic rings. The van der Waals surface area contributed by atoms with Gasteiger partial charge in [-0.25, -0.2) is 4.72 Å². The summed E-state index contributed by atoms with van der Waals surface area (Å²) in [6, 6.07) is 0.754. The first-order chi connectivity index (χ1) is 10.6. The molecular formula is C16H34ClN3O2S. The molecule has 2 fully saturated rings. The van der Waals surface area contributed by atoms with Crippen LogP contribution in [0.4, 0.5) is 0 Å². The van der Waals surface area contributed by atoms with E-state index in [1.54, 1.807) is 11.4 Å². The molecule has 5 nitrogen and oxygen atoms in total. The van der Waals surface area contributed by atoms with E-state index in [9.17, 15) is 8.42 Å². The van der Waals surface area contributed by atoms with Crippen LogP contribution >= 0.6 is 12.4 Å². The lowest BCUT2D eigenvalue weighted by Gasteiger charge is -2.30. The molecule has 0 aromatic heterocycles. The van der Waals surface area contributed by atoms with E-state index in [0.717, 1.165) is 32.2 Å². The predicted octanol–water partition coefficient (Wildman–Crippen LogP) is 2.82. The highest BCUT2D eigenvalue weighted by molar-refractivity contribution is 7.87. The molecule has 2 N–H and O–H groups in total. The van der Waals surface area contributed by atoms with E-state index in [1.165, 1.54) is 44.9 Å². The van der Waals surface area contributed by atoms with Gasteiger partial charge in [-0.1, -0.05) is 44.9 Å². The fraction of sp³-hybridized carbons (Fsp3) is 1.00. The van der Waals surface area contributed by atoms with Crippen LogP contribution in [0.1, 0.15) is 70.6 Å². The first-order valence-electron chi connectivity index (χ1n) is 9.05. The number of nitrogens with one attached hydrogen (secondary N) is 2. The van der Waals surface area contributed by atoms with Gasteiger partial charge in [0.15, 0.2) is 0 Å². The van der Waals surface area contributed by atoms with Gasteiger partial charge in [-0.3, -0.25) is 0 Å². The van der Waals surface area contributed by atoms with Crippen molar-refractivity contribution in [2.24, 2.45) is 0 Å². The molecule has 0 heterocycles. The van der Waals surface area contributed by atoms with Gasteiger partial charge >= 0.3 is 0 Å². The smallest absolute Gasteiger partial charge is 0.279 e. The van der Waals surface area contributed by atoms with Crippen LogP contribution in [0, 0.1) is 0 Å². The molecule has 0 spiro atoms. The number of nitrogens with zero attached hydrogens (tertiary/aromatic N) is 1. The van der Waals surface area contributed by atoms with Gasteiger partial charge in [0.1, 0.15) is 0 Å². The zero-order valence-corrected chi connectivity index (χ0v) is 16.1. The van der Waals surface area contributed by atoms with E-state index in [2.05, 4.69) is 10.0 Å². The average Bonchev–Trinajstić information content (AvgIpc) is 2.80. The Kier molecular flexibility index (Phi) is 10.0. The fourth-order valence-electron chi connectivity index (χ4n) is 3.68. The maximum Gasteiger partial charge on any atom is 0.279 e. The molecule has 2 rings (SSSR count). The minimum Gasteiger partial charge on any atom is -0.313 e. The maximum absolute atomic E-state index is 12.3. The van der Waals surface area contributed by atoms with Crippen LogP contribution in [0.5, 0.6) is 0 Å². The molecule has 0 saturated heterocycles. The van der Waals surface area contributed by atoms with Gasteiger partial charge < -0.3 is 5.32 Å². The minimum absolute atomic E-state index is 0. The summed E-state index contributed by atoms with van der Waals surface area (Å²) in [7, 11) is -1.61. The number of hydrogen-bond acceptors (Lipinski definition) is 3. The normalized spacial score (nSPS) is 21.8. The predicted molar refractivity (Wildman–Crippen MR) is 98.3 cm³/mol. The third-order valence-electron chi connectivity index (χ3n) is 5.17. The van der Waals surface area contributed by atoms with Crippen molar-refractivity contribution in [3.8, 4) is 0 Å². The highest BCUT2D eigenvalue weighted by Crippen LogP contribution is 2.22. The van der Waals surface area contributed by atoms with Crippen molar-refractivity contribution >= 4 is 22.6 Å². The SMILES string of the molecule is CN(C1CCCCC1)S(=O)(=O)NCCNC1CCCCCC1.Cl. The second kappa shape index (κ2) is 10.9. The average molecular weight is 368 g/mol. The minimum atomic E-state index is -3.33. The monoisotopic (exact) mass is 367 g/mol. The summed E-state index contributed by atoms with van der Waals surface area (Å²) < 4.78 is 28.9. The molecule has 0 unspecified atom stereocenters. The topological polar surface area (TPSA) is 61.4 Å². The quantitative estimate of drug-likeness (QED) is 0.537. The van der Waals surface area contributed by atoms with E-state index in [-0.39, 0.29) is 18.4 Å². The summed E-state index contributed by atoms with van der Waals surface area (Å²) in [6.45, 7) is 1.21. The van der Waals surface area contributed by atoms with Gasteiger partial charge in [0, 0.05) is 32.2 Å². The summed E-state index contributed by atoms with van der Waals surface area (Å²) in [5.41, 5.74) is 0. The van der Waals surface area contributed by atoms with Crippen molar-refractivity contribution in [3.05, 3.63) is 0 Å². The van der Waals surface area contributed by atoms with Crippen LogP contribution in [-0.4, -0.2) is 44.9 Å². The molecule has 138 valence electrons. The Morgan fingerprint density at radius 2 is 1.39 bits per heavy atom. The third-order valence-corrected chi connectivity index (χ3v) is 6.79. The molecule has 7 heteroatoms. The lowest BCUT2D eigenvalue weighted by molar-refractivity contribution is 0.283. The molecule has 0 amide bonds. The lowest BCUT2D eigenvalue weighted by atomic mass is 9.96. The van der Waals surface area contributed by atoms with E-state index in [1.807, 2.05) is 0 Å². The van der Waals surface area contributed by atoms with Crippen molar-refractivity contribution in [3.63, 3.8) is 0 Å². The molecule has 2 saturated carbocycles. The summed E-state index contributed by atoms with van der Waals surface area (Å²) >= 11 is 0. The first-order valence-corrected chi connectivity index (χ1v) is 10.5. The standard InChI is InChI=1S/C16H33N3O2S.ClH/c1-19(16-11-7-4-8-12-16)22(20,21)18-14-13-17-15-9-5-2-3-6-10-15;/h15-18H,2-14H2,1H3;1H. The van der Waals surface area contributed by atoms with Gasteiger partial charge in [-0.05, 0) is 25.7 Å². The molecular weight excluding hydrogens is 334 g/mol. The van der Waals surface area contributed by atoms with Crippen LogP contribution in [-0.2, 0) is 10.2 Å². The Labute approximate surface area is 148 Å². The van der Waals surface area contributed by atoms with Gasteiger partial charge in [-0.2, -0.15) is 12.7 Å². The zero-order chi connectivity index (χ0) is 15.8. The molecule has 0 radical (unpaired) electrons. The Bertz CT molecular complexity index is 406. The molecule has 0 aliphatic heterocycles. The summed E-state index contributed by atoms with van der Waals surface area (Å²) in [4.78, 5) is 0. The maximum atomic E-state index is 12.3. The molecule has 23 heavy (non-hydrogen) atoms. The van der Waals surface area contributed by atoms with Crippen LogP contribution in [0.2, 0.25) is 0 Å². The second-order valence-corrected chi connectivity index (χ2v) is 8.66. The Balaban J connectivity index is 0.00000264. The fourth-order valence-corrected chi connectivity index (χ4v) is 4.85. The second-order valence-electron chi connectivity index (χ2n) is 6.85. The van der Waals surface area contributed by atoms with Crippen LogP contribution in [0.25, 0.3) is 0 Å². The van der Waals surface area contributed by atoms with Crippen molar-refractivity contribution in [1.29, 1.82) is 0 Å². The Morgan fingerprint density at radius 3 is 2.00 bits per heavy atom. The van der Waals surface area contributed by atoms with Crippen LogP contribution in [0.15, 0.2) is 0 Å². The molecule has 2 aliphatic carbocycles. The number of rotatable bonds is 7. The van der Waals surface area contributed by atoms with Crippen molar-refractivity contribution in [2.45, 2.75) is 82.7 Å². The highest BCUT2D eigenvalue weighted by Gasteiger charge is 2.27. The Morgan fingerprint density at radius 1 is 0.870 bits per heavy atom. The van der Waals surface area contributed by atoms with Gasteiger partial charge in [0.25, 0.3) is 10.2 Å². The molecule has 2 aliphatic rings. The summed E-state index contributed by atoms with van der Waals surface area (Å²) in [5.74, 6) is 0. The van der Waals surface area contributed by atoms with Crippen molar-refractivity contribution < 1.29 is 8.42 Å². The van der Waals surface area contributed by atoms with Gasteiger partial charge in [0.05, 0.1) is 0 Å². The third kappa shape index (κ3) is 7.26. The van der Waals surface area contributed by atoms with Crippen molar-refractivity contribution in [2.75, 3.05) is 20.1 Å². The van der Waals surface area contributed by atoms with E-state index >= 15 is 0 Å². The van der Waals surface area contributed by atoms with E-state index < -0.39 is 10.2 Å². The summed E-state index contributed by atoms with van der Waals surface area (Å²) in [5, 5.41) is 3.51. The number of halogens is 1. The van der Waals surface area contributed by atoms with Crippen molar-refractivity contribution in [1.82, 2.24) is 14.3 Å². The zero-order valence-electron chi connectivity index (χ0n) is 14.4. The van der Waals surface area contributed by atoms with Gasteiger partial charge in [-0.15, -0.1) is 12.4 Å². The number of hydrogen-bond donors (Lipinski definition) is 2. The highest BCUT2D eigenvalue weighted by atomic mass is 35.5. The van der Waals surface area contributed by atoms with E-state index in [4.69, 9.17) is 0 Å². The van der Waals surface area contributed by atoms with E-state index in [0.29, 0.717) is 12.6 Å². The van der Waals surface area contributed by atoms with Crippen LogP contribution < -0.4 is 10.0 Å². The lowest BCUT2D eigenvalue weighted by Crippen LogP contribution is -2.47. The van der Waals surface area contributed by atoms with Crippen LogP contribution in [0.3, 0.4) is 0 Å². The largest absolute Gasteiger partial charge is 0.313 e.